The monoisotopic (exact) mass is 306 g/mol. The second-order valence-electron chi connectivity index (χ2n) is 5.68. The Hall–Kier alpha value is -0.430. The van der Waals surface area contributed by atoms with Gasteiger partial charge in [0.2, 0.25) is 0 Å². The van der Waals surface area contributed by atoms with Crippen LogP contribution in [0.5, 0.6) is 0 Å². The van der Waals surface area contributed by atoms with Gasteiger partial charge in [0.25, 0.3) is 0 Å². The molecule has 2 atom stereocenters. The molecule has 2 heterocycles. The average Bonchev–Trinajstić information content (AvgIpc) is 2.73. The van der Waals surface area contributed by atoms with Crippen LogP contribution >= 0.6 is 11.8 Å². The van der Waals surface area contributed by atoms with Gasteiger partial charge in [-0.15, -0.1) is 0 Å². The number of urea groups is 1. The van der Waals surface area contributed by atoms with E-state index in [-0.39, 0.29) is 28.3 Å². The van der Waals surface area contributed by atoms with E-state index in [2.05, 4.69) is 17.6 Å². The van der Waals surface area contributed by atoms with E-state index < -0.39 is 9.84 Å². The number of hydrogen-bond acceptors (Lipinski definition) is 4. The minimum atomic E-state index is -2.97. The summed E-state index contributed by atoms with van der Waals surface area (Å²) in [4.78, 5) is 11.8. The maximum absolute atomic E-state index is 11.8. The summed E-state index contributed by atoms with van der Waals surface area (Å²) in [5.74, 6) is 1.48. The lowest BCUT2D eigenvalue weighted by molar-refractivity contribution is 0.236. The van der Waals surface area contributed by atoms with E-state index in [1.807, 2.05) is 11.8 Å². The van der Waals surface area contributed by atoms with Crippen molar-refractivity contribution in [3.63, 3.8) is 0 Å². The summed E-state index contributed by atoms with van der Waals surface area (Å²) >= 11 is 1.89. The highest BCUT2D eigenvalue weighted by atomic mass is 32.2. The molecule has 0 spiro atoms. The summed E-state index contributed by atoms with van der Waals surface area (Å²) in [5.41, 5.74) is 0. The first kappa shape index (κ1) is 15.0. The van der Waals surface area contributed by atoms with Crippen molar-refractivity contribution in [2.75, 3.05) is 23.8 Å². The van der Waals surface area contributed by atoms with Gasteiger partial charge in [-0.05, 0) is 38.4 Å². The molecule has 2 aliphatic rings. The van der Waals surface area contributed by atoms with Crippen molar-refractivity contribution in [1.82, 2.24) is 10.6 Å². The van der Waals surface area contributed by atoms with E-state index in [1.54, 1.807) is 0 Å². The normalized spacial score (nSPS) is 33.8. The number of thioether (sulfide) groups is 1. The standard InChI is InChI=1S/C12H22N2O3S2/c1-12(5-3-6-18-12)9-13-11(15)14-10-4-2-7-19(16,17)8-10/h10H,2-9H2,1H3,(H2,13,14,15)/t10-,12+/m1/s1. The first-order valence-electron chi connectivity index (χ1n) is 6.77. The van der Waals surface area contributed by atoms with Gasteiger partial charge < -0.3 is 10.6 Å². The first-order valence-corrected chi connectivity index (χ1v) is 9.58. The molecule has 2 saturated heterocycles. The average molecular weight is 306 g/mol. The van der Waals surface area contributed by atoms with Crippen molar-refractivity contribution in [2.24, 2.45) is 0 Å². The number of rotatable bonds is 3. The van der Waals surface area contributed by atoms with Gasteiger partial charge in [0.15, 0.2) is 9.84 Å². The third-order valence-corrected chi connectivity index (χ3v) is 7.08. The first-order chi connectivity index (χ1) is 8.89. The van der Waals surface area contributed by atoms with Crippen molar-refractivity contribution >= 4 is 27.6 Å². The van der Waals surface area contributed by atoms with Crippen molar-refractivity contribution in [3.8, 4) is 0 Å². The van der Waals surface area contributed by atoms with Crippen LogP contribution in [0.15, 0.2) is 0 Å². The van der Waals surface area contributed by atoms with Crippen LogP contribution in [0.1, 0.15) is 32.6 Å². The Bertz CT molecular complexity index is 430. The molecule has 110 valence electrons. The van der Waals surface area contributed by atoms with Gasteiger partial charge >= 0.3 is 6.03 Å². The molecule has 0 aliphatic carbocycles. The fourth-order valence-corrected chi connectivity index (χ4v) is 5.50. The molecule has 0 aromatic carbocycles. The SMILES string of the molecule is C[C@@]1(CNC(=O)N[C@@H]2CCCS(=O)(=O)C2)CCCS1. The van der Waals surface area contributed by atoms with Crippen LogP contribution < -0.4 is 10.6 Å². The van der Waals surface area contributed by atoms with Crippen LogP contribution in [0, 0.1) is 0 Å². The zero-order valence-corrected chi connectivity index (χ0v) is 12.9. The van der Waals surface area contributed by atoms with E-state index >= 15 is 0 Å². The van der Waals surface area contributed by atoms with Crippen LogP contribution in [0.3, 0.4) is 0 Å². The predicted octanol–water partition coefficient (Wildman–Crippen LogP) is 1.15. The molecule has 0 unspecified atom stereocenters. The summed E-state index contributed by atoms with van der Waals surface area (Å²) in [6, 6.07) is -0.474. The van der Waals surface area contributed by atoms with Gasteiger partial charge in [-0.2, -0.15) is 11.8 Å². The zero-order chi connectivity index (χ0) is 13.9. The Morgan fingerprint density at radius 1 is 1.42 bits per heavy atom. The summed E-state index contributed by atoms with van der Waals surface area (Å²) in [6.07, 6.45) is 3.71. The lowest BCUT2D eigenvalue weighted by Gasteiger charge is -2.26. The fraction of sp³-hybridized carbons (Fsp3) is 0.917. The lowest BCUT2D eigenvalue weighted by Crippen LogP contribution is -2.49. The molecule has 0 aromatic heterocycles. The van der Waals surface area contributed by atoms with E-state index in [9.17, 15) is 13.2 Å². The molecule has 7 heteroatoms. The molecular formula is C12H22N2O3S2. The number of carbonyl (C=O) groups excluding carboxylic acids is 1. The Kier molecular flexibility index (Phi) is 4.66. The predicted molar refractivity (Wildman–Crippen MR) is 78.3 cm³/mol. The molecule has 0 radical (unpaired) electrons. The zero-order valence-electron chi connectivity index (χ0n) is 11.3. The molecular weight excluding hydrogens is 284 g/mol. The molecule has 2 N–H and O–H groups in total. The van der Waals surface area contributed by atoms with Crippen LogP contribution in [0.2, 0.25) is 0 Å². The Morgan fingerprint density at radius 3 is 2.84 bits per heavy atom. The van der Waals surface area contributed by atoms with E-state index in [0.29, 0.717) is 13.0 Å². The third kappa shape index (κ3) is 4.56. The van der Waals surface area contributed by atoms with E-state index in [0.717, 1.165) is 18.6 Å². The highest BCUT2D eigenvalue weighted by molar-refractivity contribution is 8.00. The topological polar surface area (TPSA) is 75.3 Å². The summed E-state index contributed by atoms with van der Waals surface area (Å²) in [6.45, 7) is 2.80. The molecule has 2 fully saturated rings. The Morgan fingerprint density at radius 2 is 2.21 bits per heavy atom. The minimum absolute atomic E-state index is 0.0758. The summed E-state index contributed by atoms with van der Waals surface area (Å²) < 4.78 is 23.1. The second-order valence-corrected chi connectivity index (χ2v) is 9.59. The van der Waals surface area contributed by atoms with E-state index in [4.69, 9.17) is 0 Å². The smallest absolute Gasteiger partial charge is 0.315 e. The molecule has 0 bridgehead atoms. The summed E-state index contributed by atoms with van der Waals surface area (Å²) in [5, 5.41) is 5.65. The van der Waals surface area contributed by atoms with Crippen molar-refractivity contribution < 1.29 is 13.2 Å². The largest absolute Gasteiger partial charge is 0.337 e. The van der Waals surface area contributed by atoms with Gasteiger partial charge in [0, 0.05) is 17.3 Å². The number of hydrogen-bond donors (Lipinski definition) is 2. The molecule has 5 nitrogen and oxygen atoms in total. The minimum Gasteiger partial charge on any atom is -0.337 e. The molecule has 19 heavy (non-hydrogen) atoms. The van der Waals surface area contributed by atoms with Gasteiger partial charge in [0.1, 0.15) is 0 Å². The highest BCUT2D eigenvalue weighted by Crippen LogP contribution is 2.36. The van der Waals surface area contributed by atoms with Gasteiger partial charge in [-0.25, -0.2) is 13.2 Å². The Labute approximate surface area is 119 Å². The molecule has 0 aromatic rings. The second kappa shape index (κ2) is 5.91. The number of amides is 2. The number of nitrogens with one attached hydrogen (secondary N) is 2. The third-order valence-electron chi connectivity index (χ3n) is 3.72. The van der Waals surface area contributed by atoms with Crippen LogP contribution in [0.4, 0.5) is 4.79 Å². The molecule has 2 rings (SSSR count). The van der Waals surface area contributed by atoms with Gasteiger partial charge in [-0.1, -0.05) is 0 Å². The van der Waals surface area contributed by atoms with Gasteiger partial charge in [0.05, 0.1) is 11.5 Å². The maximum atomic E-state index is 11.8. The van der Waals surface area contributed by atoms with Gasteiger partial charge in [-0.3, -0.25) is 0 Å². The van der Waals surface area contributed by atoms with E-state index in [1.165, 1.54) is 6.42 Å². The summed E-state index contributed by atoms with van der Waals surface area (Å²) in [7, 11) is -2.97. The van der Waals surface area contributed by atoms with Crippen LogP contribution in [-0.4, -0.2) is 49.0 Å². The lowest BCUT2D eigenvalue weighted by atomic mass is 10.1. The maximum Gasteiger partial charge on any atom is 0.315 e. The number of sulfone groups is 1. The molecule has 2 aliphatic heterocycles. The Balaban J connectivity index is 1.75. The fourth-order valence-electron chi connectivity index (χ4n) is 2.62. The highest BCUT2D eigenvalue weighted by Gasteiger charge is 2.30. The van der Waals surface area contributed by atoms with Crippen LogP contribution in [-0.2, 0) is 9.84 Å². The van der Waals surface area contributed by atoms with Crippen molar-refractivity contribution in [2.45, 2.75) is 43.4 Å². The van der Waals surface area contributed by atoms with Crippen molar-refractivity contribution in [3.05, 3.63) is 0 Å². The molecule has 0 saturated carbocycles. The van der Waals surface area contributed by atoms with Crippen LogP contribution in [0.25, 0.3) is 0 Å². The molecule has 2 amide bonds. The van der Waals surface area contributed by atoms with Crippen molar-refractivity contribution in [1.29, 1.82) is 0 Å². The number of carbonyl (C=O) groups is 1. The quantitative estimate of drug-likeness (QED) is 0.820.